The zero-order chi connectivity index (χ0) is 18.9. The molecule has 1 heterocycles. The van der Waals surface area contributed by atoms with E-state index in [9.17, 15) is 9.59 Å². The first-order chi connectivity index (χ1) is 12.5. The summed E-state index contributed by atoms with van der Waals surface area (Å²) in [6.45, 7) is 4.33. The maximum Gasteiger partial charge on any atom is 0.225 e. The van der Waals surface area contributed by atoms with Gasteiger partial charge >= 0.3 is 0 Å². The third-order valence-electron chi connectivity index (χ3n) is 4.58. The number of hydrogen-bond donors (Lipinski definition) is 0. The van der Waals surface area contributed by atoms with Gasteiger partial charge in [0, 0.05) is 39.5 Å². The summed E-state index contributed by atoms with van der Waals surface area (Å²) >= 11 is 0. The number of nitrogens with zero attached hydrogens (tertiary/aromatic N) is 2. The standard InChI is InChI=1S/C20H30N2O4/c1-4-25-17-8-5-6-9-18(17)26-15-7-10-19(23)22-13-11-16(12-14-22)20(24)21(2)3/h5-6,8-9,16H,4,7,10-15H2,1-3H3. The fourth-order valence-corrected chi connectivity index (χ4v) is 3.15. The Hall–Kier alpha value is -2.24. The van der Waals surface area contributed by atoms with Crippen molar-refractivity contribution >= 4 is 11.8 Å². The van der Waals surface area contributed by atoms with Gasteiger partial charge in [0.1, 0.15) is 0 Å². The van der Waals surface area contributed by atoms with E-state index in [4.69, 9.17) is 9.47 Å². The van der Waals surface area contributed by atoms with Gasteiger partial charge in [0.15, 0.2) is 11.5 Å². The minimum atomic E-state index is 0.0486. The zero-order valence-corrected chi connectivity index (χ0v) is 16.1. The highest BCUT2D eigenvalue weighted by Crippen LogP contribution is 2.26. The first-order valence-electron chi connectivity index (χ1n) is 9.36. The highest BCUT2D eigenvalue weighted by molar-refractivity contribution is 5.79. The Morgan fingerprint density at radius 1 is 1.12 bits per heavy atom. The lowest BCUT2D eigenvalue weighted by atomic mass is 9.95. The molecule has 0 spiro atoms. The third-order valence-corrected chi connectivity index (χ3v) is 4.58. The lowest BCUT2D eigenvalue weighted by Gasteiger charge is -2.32. The number of carbonyl (C=O) groups is 2. The molecule has 6 heteroatoms. The molecule has 144 valence electrons. The van der Waals surface area contributed by atoms with Gasteiger partial charge in [-0.05, 0) is 38.3 Å². The van der Waals surface area contributed by atoms with Crippen LogP contribution in [-0.2, 0) is 9.59 Å². The van der Waals surface area contributed by atoms with Gasteiger partial charge in [0.2, 0.25) is 11.8 Å². The van der Waals surface area contributed by atoms with E-state index >= 15 is 0 Å². The van der Waals surface area contributed by atoms with E-state index in [0.29, 0.717) is 44.9 Å². The summed E-state index contributed by atoms with van der Waals surface area (Å²) in [5.41, 5.74) is 0. The largest absolute Gasteiger partial charge is 0.490 e. The fraction of sp³-hybridized carbons (Fsp3) is 0.600. The summed E-state index contributed by atoms with van der Waals surface area (Å²) in [6, 6.07) is 7.57. The van der Waals surface area contributed by atoms with Gasteiger partial charge in [-0.15, -0.1) is 0 Å². The van der Waals surface area contributed by atoms with Crippen LogP contribution in [0.5, 0.6) is 11.5 Å². The monoisotopic (exact) mass is 362 g/mol. The Balaban J connectivity index is 1.69. The van der Waals surface area contributed by atoms with E-state index < -0.39 is 0 Å². The van der Waals surface area contributed by atoms with Gasteiger partial charge in [-0.25, -0.2) is 0 Å². The SMILES string of the molecule is CCOc1ccccc1OCCCC(=O)N1CCC(C(=O)N(C)C)CC1. The van der Waals surface area contributed by atoms with Crippen molar-refractivity contribution in [3.63, 3.8) is 0 Å². The average Bonchev–Trinajstić information content (AvgIpc) is 2.66. The summed E-state index contributed by atoms with van der Waals surface area (Å²) in [5.74, 6) is 1.80. The zero-order valence-electron chi connectivity index (χ0n) is 16.1. The summed E-state index contributed by atoms with van der Waals surface area (Å²) < 4.78 is 11.3. The van der Waals surface area contributed by atoms with Gasteiger partial charge < -0.3 is 19.3 Å². The van der Waals surface area contributed by atoms with E-state index in [2.05, 4.69) is 0 Å². The smallest absolute Gasteiger partial charge is 0.225 e. The first kappa shape index (κ1) is 20.1. The minimum absolute atomic E-state index is 0.0486. The molecule has 2 rings (SSSR count). The Bertz CT molecular complexity index is 595. The molecule has 0 atom stereocenters. The first-order valence-corrected chi connectivity index (χ1v) is 9.36. The molecule has 0 radical (unpaired) electrons. The van der Waals surface area contributed by atoms with Crippen molar-refractivity contribution in [2.24, 2.45) is 5.92 Å². The molecule has 1 aromatic carbocycles. The second-order valence-electron chi connectivity index (χ2n) is 6.72. The fourth-order valence-electron chi connectivity index (χ4n) is 3.15. The highest BCUT2D eigenvalue weighted by atomic mass is 16.5. The number of para-hydroxylation sites is 2. The molecule has 1 aromatic rings. The number of piperidine rings is 1. The summed E-state index contributed by atoms with van der Waals surface area (Å²) in [6.07, 6.45) is 2.63. The maximum absolute atomic E-state index is 12.3. The molecular weight excluding hydrogens is 332 g/mol. The van der Waals surface area contributed by atoms with Crippen molar-refractivity contribution in [2.45, 2.75) is 32.6 Å². The van der Waals surface area contributed by atoms with Gasteiger partial charge in [-0.2, -0.15) is 0 Å². The van der Waals surface area contributed by atoms with Crippen molar-refractivity contribution < 1.29 is 19.1 Å². The van der Waals surface area contributed by atoms with Crippen molar-refractivity contribution in [3.8, 4) is 11.5 Å². The molecule has 0 saturated carbocycles. The summed E-state index contributed by atoms with van der Waals surface area (Å²) in [5, 5.41) is 0. The summed E-state index contributed by atoms with van der Waals surface area (Å²) in [4.78, 5) is 27.8. The summed E-state index contributed by atoms with van der Waals surface area (Å²) in [7, 11) is 3.56. The number of carbonyl (C=O) groups excluding carboxylic acids is 2. The number of benzene rings is 1. The van der Waals surface area contributed by atoms with Gasteiger partial charge in [-0.3, -0.25) is 9.59 Å². The van der Waals surface area contributed by atoms with E-state index in [1.807, 2.05) is 36.1 Å². The van der Waals surface area contributed by atoms with Crippen LogP contribution in [-0.4, -0.2) is 62.0 Å². The van der Waals surface area contributed by atoms with Gasteiger partial charge in [-0.1, -0.05) is 12.1 Å². The molecule has 6 nitrogen and oxygen atoms in total. The lowest BCUT2D eigenvalue weighted by Crippen LogP contribution is -2.42. The van der Waals surface area contributed by atoms with Crippen LogP contribution in [0.15, 0.2) is 24.3 Å². The molecule has 0 unspecified atom stereocenters. The highest BCUT2D eigenvalue weighted by Gasteiger charge is 2.27. The Kier molecular flexibility index (Phi) is 7.75. The van der Waals surface area contributed by atoms with E-state index in [1.165, 1.54) is 0 Å². The van der Waals surface area contributed by atoms with Crippen LogP contribution < -0.4 is 9.47 Å². The molecule has 0 N–H and O–H groups in total. The Labute approximate surface area is 156 Å². The van der Waals surface area contributed by atoms with Gasteiger partial charge in [0.05, 0.1) is 13.2 Å². The molecule has 1 aliphatic heterocycles. The van der Waals surface area contributed by atoms with Crippen LogP contribution in [0, 0.1) is 5.92 Å². The second-order valence-corrected chi connectivity index (χ2v) is 6.72. The molecule has 1 aliphatic rings. The average molecular weight is 362 g/mol. The molecule has 26 heavy (non-hydrogen) atoms. The van der Waals surface area contributed by atoms with Crippen LogP contribution in [0.25, 0.3) is 0 Å². The number of likely N-dealkylation sites (tertiary alicyclic amines) is 1. The van der Waals surface area contributed by atoms with Crippen LogP contribution in [0.1, 0.15) is 32.6 Å². The molecule has 0 aromatic heterocycles. The predicted octanol–water partition coefficient (Wildman–Crippen LogP) is 2.57. The van der Waals surface area contributed by atoms with Crippen LogP contribution in [0.3, 0.4) is 0 Å². The molecule has 1 saturated heterocycles. The molecule has 0 aliphatic carbocycles. The van der Waals surface area contributed by atoms with Gasteiger partial charge in [0.25, 0.3) is 0 Å². The maximum atomic E-state index is 12.3. The molecule has 1 fully saturated rings. The van der Waals surface area contributed by atoms with Crippen LogP contribution in [0.2, 0.25) is 0 Å². The predicted molar refractivity (Wildman–Crippen MR) is 100 cm³/mol. The molecule has 2 amide bonds. The van der Waals surface area contributed by atoms with E-state index in [0.717, 1.165) is 18.6 Å². The third kappa shape index (κ3) is 5.64. The van der Waals surface area contributed by atoms with Crippen molar-refractivity contribution in [2.75, 3.05) is 40.4 Å². The Morgan fingerprint density at radius 3 is 2.31 bits per heavy atom. The number of rotatable bonds is 8. The quantitative estimate of drug-likeness (QED) is 0.667. The topological polar surface area (TPSA) is 59.1 Å². The van der Waals surface area contributed by atoms with Crippen molar-refractivity contribution in [1.29, 1.82) is 0 Å². The second kappa shape index (κ2) is 10.0. The number of ether oxygens (including phenoxy) is 2. The normalized spacial score (nSPS) is 14.8. The lowest BCUT2D eigenvalue weighted by molar-refractivity contribution is -0.139. The minimum Gasteiger partial charge on any atom is -0.490 e. The molecular formula is C20H30N2O4. The number of amides is 2. The van der Waals surface area contributed by atoms with E-state index in [1.54, 1.807) is 19.0 Å². The number of hydrogen-bond acceptors (Lipinski definition) is 4. The van der Waals surface area contributed by atoms with Crippen molar-refractivity contribution in [3.05, 3.63) is 24.3 Å². The molecule has 0 bridgehead atoms. The van der Waals surface area contributed by atoms with Crippen LogP contribution >= 0.6 is 0 Å². The van der Waals surface area contributed by atoms with Crippen LogP contribution in [0.4, 0.5) is 0 Å². The van der Waals surface area contributed by atoms with E-state index in [-0.39, 0.29) is 17.7 Å². The van der Waals surface area contributed by atoms with Crippen molar-refractivity contribution in [1.82, 2.24) is 9.80 Å². The Morgan fingerprint density at radius 2 is 1.73 bits per heavy atom.